The van der Waals surface area contributed by atoms with Crippen molar-refractivity contribution in [1.29, 1.82) is 0 Å². The number of aromatic nitrogens is 4. The highest BCUT2D eigenvalue weighted by atomic mass is 35.5. The topological polar surface area (TPSA) is 123 Å². The van der Waals surface area contributed by atoms with E-state index in [1.807, 2.05) is 36.4 Å². The van der Waals surface area contributed by atoms with Gasteiger partial charge in [0, 0.05) is 86.2 Å². The molecule has 50 heavy (non-hydrogen) atoms. The molecule has 13 heteroatoms. The van der Waals surface area contributed by atoms with E-state index in [4.69, 9.17) is 52.6 Å². The molecule has 4 aliphatic rings. The van der Waals surface area contributed by atoms with E-state index in [1.165, 1.54) is 0 Å². The number of hydrogen-bond donors (Lipinski definition) is 1. The van der Waals surface area contributed by atoms with E-state index < -0.39 is 0 Å². The summed E-state index contributed by atoms with van der Waals surface area (Å²) in [5, 5.41) is 4.08. The molecule has 1 N–H and O–H groups in total. The molecule has 3 saturated heterocycles. The first-order chi connectivity index (χ1) is 24.2. The average Bonchev–Trinajstić information content (AvgIpc) is 3.68. The Hall–Kier alpha value is -4.16. The minimum absolute atomic E-state index is 0.108. The molecule has 5 heterocycles. The summed E-state index contributed by atoms with van der Waals surface area (Å²) in [6.45, 7) is 4.52. The molecule has 258 valence electrons. The van der Waals surface area contributed by atoms with Crippen LogP contribution in [0.5, 0.6) is 11.8 Å². The van der Waals surface area contributed by atoms with E-state index in [0.29, 0.717) is 82.5 Å². The first kappa shape index (κ1) is 33.0. The zero-order valence-corrected chi connectivity index (χ0v) is 29.5. The van der Waals surface area contributed by atoms with Gasteiger partial charge >= 0.3 is 0 Å². The van der Waals surface area contributed by atoms with Gasteiger partial charge in [0.05, 0.1) is 53.6 Å². The Kier molecular flexibility index (Phi) is 8.49. The second-order valence-corrected chi connectivity index (χ2v) is 14.8. The summed E-state index contributed by atoms with van der Waals surface area (Å²) in [6, 6.07) is 11.5. The number of halogens is 2. The molecule has 0 unspecified atom stereocenters. The smallest absolute Gasteiger partial charge is 0.237 e. The van der Waals surface area contributed by atoms with Crippen LogP contribution in [0.25, 0.3) is 33.6 Å². The van der Waals surface area contributed by atoms with E-state index in [9.17, 15) is 9.59 Å². The molecule has 11 nitrogen and oxygen atoms in total. The van der Waals surface area contributed by atoms with Crippen molar-refractivity contribution in [2.24, 2.45) is 5.41 Å². The number of amides is 1. The van der Waals surface area contributed by atoms with Gasteiger partial charge in [-0.3, -0.25) is 29.4 Å². The number of carbonyl (C=O) groups excluding carboxylic acids is 2. The number of benzene rings is 2. The molecule has 3 aliphatic heterocycles. The fourth-order valence-electron chi connectivity index (χ4n) is 8.11. The molecule has 4 fully saturated rings. The number of rotatable bonds is 9. The maximum Gasteiger partial charge on any atom is 0.237 e. The largest absolute Gasteiger partial charge is 0.480 e. The van der Waals surface area contributed by atoms with E-state index in [2.05, 4.69) is 15.1 Å². The third-order valence-corrected chi connectivity index (χ3v) is 11.3. The minimum atomic E-state index is -0.108. The van der Waals surface area contributed by atoms with Crippen molar-refractivity contribution in [3.8, 4) is 45.4 Å². The summed E-state index contributed by atoms with van der Waals surface area (Å²) >= 11 is 14.2. The SMILES string of the molecule is COc1nc(-c2cccc(-c3cccc(-c4cnc(CN5CC6(CCC(=O)N6)C5)c(OC)n4)c3Cl)c2Cl)cnc1CN1CC2(CCC(=O)C2)C1. The standard InChI is InChI=1S/C37H37Cl2N7O4/c1-49-34-29(16-45-18-36(19-45)11-9-22(47)13-36)40-14-27(42-34)25-7-3-5-23(32(25)38)24-6-4-8-26(33(24)39)28-15-41-30(35(43-28)50-2)17-46-20-37(21-46)12-10-31(48)44-37/h3-8,14-15H,9-13,16-21H2,1-2H3,(H,44,48). The lowest BCUT2D eigenvalue weighted by molar-refractivity contribution is -0.121. The lowest BCUT2D eigenvalue weighted by Gasteiger charge is -2.47. The Labute approximate surface area is 300 Å². The normalized spacial score (nSPS) is 19.4. The Balaban J connectivity index is 1.01. The first-order valence-corrected chi connectivity index (χ1v) is 17.6. The van der Waals surface area contributed by atoms with Crippen LogP contribution in [0.3, 0.4) is 0 Å². The van der Waals surface area contributed by atoms with Gasteiger partial charge in [0.1, 0.15) is 17.2 Å². The van der Waals surface area contributed by atoms with E-state index in [1.54, 1.807) is 26.6 Å². The van der Waals surface area contributed by atoms with Crippen molar-refractivity contribution in [2.75, 3.05) is 40.4 Å². The van der Waals surface area contributed by atoms with Gasteiger partial charge in [-0.25, -0.2) is 9.97 Å². The molecule has 1 aliphatic carbocycles. The molecule has 2 aromatic heterocycles. The second kappa shape index (κ2) is 12.9. The van der Waals surface area contributed by atoms with Crippen LogP contribution in [0, 0.1) is 5.41 Å². The van der Waals surface area contributed by atoms with Crippen LogP contribution in [0.4, 0.5) is 0 Å². The van der Waals surface area contributed by atoms with E-state index >= 15 is 0 Å². The number of ether oxygens (including phenoxy) is 2. The monoisotopic (exact) mass is 713 g/mol. The quantitative estimate of drug-likeness (QED) is 0.234. The van der Waals surface area contributed by atoms with Crippen molar-refractivity contribution in [2.45, 2.75) is 50.7 Å². The van der Waals surface area contributed by atoms with Crippen LogP contribution in [0.2, 0.25) is 10.0 Å². The average molecular weight is 715 g/mol. The summed E-state index contributed by atoms with van der Waals surface area (Å²) in [4.78, 5) is 47.2. The number of carbonyl (C=O) groups is 2. The third kappa shape index (κ3) is 6.00. The number of methoxy groups -OCH3 is 2. The van der Waals surface area contributed by atoms with Crippen LogP contribution in [-0.4, -0.2) is 87.4 Å². The van der Waals surface area contributed by atoms with Gasteiger partial charge < -0.3 is 14.8 Å². The highest BCUT2D eigenvalue weighted by Gasteiger charge is 2.48. The van der Waals surface area contributed by atoms with Gasteiger partial charge in [-0.1, -0.05) is 59.6 Å². The Bertz CT molecular complexity index is 1870. The summed E-state index contributed by atoms with van der Waals surface area (Å²) in [5.41, 5.74) is 5.53. The van der Waals surface area contributed by atoms with E-state index in [0.717, 1.165) is 61.5 Å². The summed E-state index contributed by atoms with van der Waals surface area (Å²) in [6.07, 6.45) is 7.24. The van der Waals surface area contributed by atoms with Crippen molar-refractivity contribution in [1.82, 2.24) is 35.1 Å². The molecule has 2 spiro atoms. The molecule has 0 bridgehead atoms. The Morgan fingerprint density at radius 3 is 1.72 bits per heavy atom. The van der Waals surface area contributed by atoms with Crippen molar-refractivity contribution in [3.63, 3.8) is 0 Å². The van der Waals surface area contributed by atoms with Crippen molar-refractivity contribution in [3.05, 3.63) is 70.2 Å². The lowest BCUT2D eigenvalue weighted by Crippen LogP contribution is -2.66. The molecule has 8 rings (SSSR count). The molecular formula is C37H37Cl2N7O4. The molecule has 1 amide bonds. The number of ketones is 1. The van der Waals surface area contributed by atoms with Crippen molar-refractivity contribution < 1.29 is 19.1 Å². The molecule has 2 aromatic carbocycles. The number of likely N-dealkylation sites (tertiary alicyclic amines) is 2. The number of Topliss-reactive ketones (excluding diaryl/α,β-unsaturated/α-hetero) is 1. The maximum absolute atomic E-state index is 11.8. The van der Waals surface area contributed by atoms with Gasteiger partial charge in [-0.2, -0.15) is 0 Å². The molecular weight excluding hydrogens is 677 g/mol. The fourth-order valence-corrected chi connectivity index (χ4v) is 8.76. The Morgan fingerprint density at radius 2 is 1.26 bits per heavy atom. The van der Waals surface area contributed by atoms with Gasteiger partial charge in [-0.15, -0.1) is 0 Å². The molecule has 0 atom stereocenters. The zero-order valence-electron chi connectivity index (χ0n) is 28.0. The molecule has 0 radical (unpaired) electrons. The summed E-state index contributed by atoms with van der Waals surface area (Å²) < 4.78 is 11.3. The highest BCUT2D eigenvalue weighted by Crippen LogP contribution is 2.45. The van der Waals surface area contributed by atoms with Crippen LogP contribution in [-0.2, 0) is 22.7 Å². The number of hydrogen-bond acceptors (Lipinski definition) is 10. The lowest BCUT2D eigenvalue weighted by atomic mass is 9.78. The number of nitrogens with one attached hydrogen (secondary N) is 1. The van der Waals surface area contributed by atoms with Gasteiger partial charge in [0.25, 0.3) is 0 Å². The van der Waals surface area contributed by atoms with Gasteiger partial charge in [-0.05, 0) is 12.8 Å². The van der Waals surface area contributed by atoms with Gasteiger partial charge in [0.15, 0.2) is 0 Å². The van der Waals surface area contributed by atoms with E-state index in [-0.39, 0.29) is 16.9 Å². The molecule has 4 aromatic rings. The highest BCUT2D eigenvalue weighted by molar-refractivity contribution is 6.39. The maximum atomic E-state index is 11.8. The summed E-state index contributed by atoms with van der Waals surface area (Å²) in [5.74, 6) is 1.37. The zero-order chi connectivity index (χ0) is 34.6. The first-order valence-electron chi connectivity index (χ1n) is 16.8. The van der Waals surface area contributed by atoms with Crippen LogP contribution in [0.1, 0.15) is 43.5 Å². The predicted octanol–water partition coefficient (Wildman–Crippen LogP) is 5.61. The number of nitrogens with zero attached hydrogens (tertiary/aromatic N) is 6. The van der Waals surface area contributed by atoms with Crippen molar-refractivity contribution >= 4 is 34.9 Å². The van der Waals surface area contributed by atoms with Gasteiger partial charge in [0.2, 0.25) is 17.7 Å². The van der Waals surface area contributed by atoms with Crippen LogP contribution in [0.15, 0.2) is 48.8 Å². The Morgan fingerprint density at radius 1 is 0.740 bits per heavy atom. The third-order valence-electron chi connectivity index (χ3n) is 10.5. The molecule has 1 saturated carbocycles. The predicted molar refractivity (Wildman–Crippen MR) is 189 cm³/mol. The fraction of sp³-hybridized carbons (Fsp3) is 0.405. The second-order valence-electron chi connectivity index (χ2n) is 14.1. The van der Waals surface area contributed by atoms with Crippen LogP contribution >= 0.6 is 23.2 Å². The minimum Gasteiger partial charge on any atom is -0.480 e. The summed E-state index contributed by atoms with van der Waals surface area (Å²) in [7, 11) is 3.18. The van der Waals surface area contributed by atoms with Crippen LogP contribution < -0.4 is 14.8 Å².